The average molecular weight is 277 g/mol. The highest BCUT2D eigenvalue weighted by molar-refractivity contribution is 6.32. The minimum absolute atomic E-state index is 0.782. The van der Waals surface area contributed by atoms with Crippen molar-refractivity contribution in [1.29, 1.82) is 0 Å². The fourth-order valence-electron chi connectivity index (χ4n) is 2.44. The van der Waals surface area contributed by atoms with Crippen molar-refractivity contribution < 1.29 is 0 Å². The van der Waals surface area contributed by atoms with Crippen LogP contribution in [0, 0.1) is 13.8 Å². The number of aromatic nitrogens is 1. The molecule has 0 spiro atoms. The number of rotatable bonds is 4. The molecule has 0 fully saturated rings. The monoisotopic (exact) mass is 276 g/mol. The molecule has 0 aliphatic heterocycles. The predicted octanol–water partition coefficient (Wildman–Crippen LogP) is 4.89. The topological polar surface area (TPSA) is 24.9 Å². The number of halogens is 1. The second kappa shape index (κ2) is 5.79. The molecule has 1 aromatic carbocycles. The van der Waals surface area contributed by atoms with Crippen LogP contribution in [0.5, 0.6) is 0 Å². The second-order valence-electron chi connectivity index (χ2n) is 4.95. The van der Waals surface area contributed by atoms with E-state index in [0.29, 0.717) is 0 Å². The lowest BCUT2D eigenvalue weighted by atomic mass is 10.0. The first-order chi connectivity index (χ1) is 9.08. The van der Waals surface area contributed by atoms with Gasteiger partial charge in [0.25, 0.3) is 0 Å². The average Bonchev–Trinajstić information content (AvgIpc) is 2.38. The van der Waals surface area contributed by atoms with Crippen molar-refractivity contribution in [2.24, 2.45) is 0 Å². The Hall–Kier alpha value is -1.28. The van der Waals surface area contributed by atoms with E-state index < -0.39 is 0 Å². The third-order valence-electron chi connectivity index (χ3n) is 3.48. The SMILES string of the molecule is CCCNc1c(CC)c(C)nc2cc(Cl)c(C)cc12. The van der Waals surface area contributed by atoms with Gasteiger partial charge < -0.3 is 5.32 Å². The molecular weight excluding hydrogens is 256 g/mol. The molecule has 3 heteroatoms. The van der Waals surface area contributed by atoms with Gasteiger partial charge in [-0.05, 0) is 49.9 Å². The molecule has 2 aromatic rings. The number of benzene rings is 1. The molecule has 0 unspecified atom stereocenters. The van der Waals surface area contributed by atoms with E-state index in [0.717, 1.165) is 41.2 Å². The van der Waals surface area contributed by atoms with Crippen molar-refractivity contribution in [2.75, 3.05) is 11.9 Å². The van der Waals surface area contributed by atoms with E-state index in [1.165, 1.54) is 16.6 Å². The summed E-state index contributed by atoms with van der Waals surface area (Å²) < 4.78 is 0. The molecule has 0 bridgehead atoms. The number of pyridine rings is 1. The molecule has 0 aliphatic rings. The van der Waals surface area contributed by atoms with Gasteiger partial charge in [0.15, 0.2) is 0 Å². The highest BCUT2D eigenvalue weighted by atomic mass is 35.5. The van der Waals surface area contributed by atoms with Gasteiger partial charge in [0.2, 0.25) is 0 Å². The van der Waals surface area contributed by atoms with Gasteiger partial charge >= 0.3 is 0 Å². The third-order valence-corrected chi connectivity index (χ3v) is 3.89. The minimum atomic E-state index is 0.782. The standard InChI is InChI=1S/C16H21ClN2/c1-5-7-18-16-12(6-2)11(4)19-15-9-14(17)10(3)8-13(15)16/h8-9H,5-7H2,1-4H3,(H,18,19). The molecule has 1 aromatic heterocycles. The second-order valence-corrected chi connectivity index (χ2v) is 5.36. The van der Waals surface area contributed by atoms with Crippen molar-refractivity contribution >= 4 is 28.2 Å². The van der Waals surface area contributed by atoms with Crippen LogP contribution in [-0.4, -0.2) is 11.5 Å². The van der Waals surface area contributed by atoms with Gasteiger partial charge in [-0.25, -0.2) is 0 Å². The molecule has 2 rings (SSSR count). The lowest BCUT2D eigenvalue weighted by Gasteiger charge is -2.16. The number of hydrogen-bond acceptors (Lipinski definition) is 2. The fraction of sp³-hybridized carbons (Fsp3) is 0.438. The van der Waals surface area contributed by atoms with Crippen LogP contribution >= 0.6 is 11.6 Å². The van der Waals surface area contributed by atoms with E-state index in [9.17, 15) is 0 Å². The third kappa shape index (κ3) is 2.69. The minimum Gasteiger partial charge on any atom is -0.384 e. The molecule has 0 saturated carbocycles. The van der Waals surface area contributed by atoms with E-state index in [-0.39, 0.29) is 0 Å². The van der Waals surface area contributed by atoms with E-state index in [4.69, 9.17) is 16.6 Å². The van der Waals surface area contributed by atoms with Gasteiger partial charge in [0.1, 0.15) is 0 Å². The van der Waals surface area contributed by atoms with Gasteiger partial charge in [0, 0.05) is 28.3 Å². The molecule has 0 radical (unpaired) electrons. The lowest BCUT2D eigenvalue weighted by molar-refractivity contribution is 0.968. The number of aryl methyl sites for hydroxylation is 2. The molecule has 2 nitrogen and oxygen atoms in total. The molecule has 0 atom stereocenters. The molecule has 0 saturated heterocycles. The van der Waals surface area contributed by atoms with Crippen molar-refractivity contribution in [1.82, 2.24) is 4.98 Å². The van der Waals surface area contributed by atoms with Gasteiger partial charge in [0.05, 0.1) is 5.52 Å². The summed E-state index contributed by atoms with van der Waals surface area (Å²) in [4.78, 5) is 4.69. The summed E-state index contributed by atoms with van der Waals surface area (Å²) in [6.07, 6.45) is 2.10. The summed E-state index contributed by atoms with van der Waals surface area (Å²) in [5.74, 6) is 0. The van der Waals surface area contributed by atoms with Gasteiger partial charge in [-0.3, -0.25) is 4.98 Å². The zero-order valence-corrected chi connectivity index (χ0v) is 12.9. The highest BCUT2D eigenvalue weighted by Gasteiger charge is 2.12. The summed E-state index contributed by atoms with van der Waals surface area (Å²) in [6.45, 7) is 9.44. The van der Waals surface area contributed by atoms with Crippen LogP contribution in [0.4, 0.5) is 5.69 Å². The maximum atomic E-state index is 6.21. The molecule has 0 aliphatic carbocycles. The van der Waals surface area contributed by atoms with Crippen LogP contribution in [0.1, 0.15) is 37.1 Å². The molecule has 0 amide bonds. The Morgan fingerprint density at radius 2 is 1.95 bits per heavy atom. The number of fused-ring (bicyclic) bond motifs is 1. The van der Waals surface area contributed by atoms with Crippen molar-refractivity contribution in [3.8, 4) is 0 Å². The van der Waals surface area contributed by atoms with E-state index in [2.05, 4.69) is 32.2 Å². The fourth-order valence-corrected chi connectivity index (χ4v) is 2.60. The number of anilines is 1. The Labute approximate surface area is 120 Å². The molecular formula is C16H21ClN2. The van der Waals surface area contributed by atoms with E-state index in [1.807, 2.05) is 13.0 Å². The van der Waals surface area contributed by atoms with Gasteiger partial charge in [-0.1, -0.05) is 25.4 Å². The summed E-state index contributed by atoms with van der Waals surface area (Å²) in [5.41, 5.74) is 5.70. The summed E-state index contributed by atoms with van der Waals surface area (Å²) in [5, 5.41) is 5.52. The van der Waals surface area contributed by atoms with E-state index >= 15 is 0 Å². The first-order valence-electron chi connectivity index (χ1n) is 6.91. The summed E-state index contributed by atoms with van der Waals surface area (Å²) in [6, 6.07) is 4.11. The molecule has 19 heavy (non-hydrogen) atoms. The predicted molar refractivity (Wildman–Crippen MR) is 84.4 cm³/mol. The Balaban J connectivity index is 2.73. The van der Waals surface area contributed by atoms with Crippen LogP contribution < -0.4 is 5.32 Å². The number of nitrogens with zero attached hydrogens (tertiary/aromatic N) is 1. The maximum Gasteiger partial charge on any atom is 0.0741 e. The first kappa shape index (κ1) is 14.1. The Morgan fingerprint density at radius 3 is 2.58 bits per heavy atom. The largest absolute Gasteiger partial charge is 0.384 e. The van der Waals surface area contributed by atoms with E-state index in [1.54, 1.807) is 0 Å². The zero-order valence-electron chi connectivity index (χ0n) is 12.1. The summed E-state index contributed by atoms with van der Waals surface area (Å²) >= 11 is 6.21. The molecule has 102 valence electrons. The Morgan fingerprint density at radius 1 is 1.21 bits per heavy atom. The van der Waals surface area contributed by atoms with Gasteiger partial charge in [-0.15, -0.1) is 0 Å². The van der Waals surface area contributed by atoms with Crippen LogP contribution in [0.15, 0.2) is 12.1 Å². The van der Waals surface area contributed by atoms with Crippen molar-refractivity contribution in [2.45, 2.75) is 40.5 Å². The summed E-state index contributed by atoms with van der Waals surface area (Å²) in [7, 11) is 0. The Kier molecular flexibility index (Phi) is 4.31. The van der Waals surface area contributed by atoms with Crippen molar-refractivity contribution in [3.63, 3.8) is 0 Å². The lowest BCUT2D eigenvalue weighted by Crippen LogP contribution is -2.06. The quantitative estimate of drug-likeness (QED) is 0.860. The number of nitrogens with one attached hydrogen (secondary N) is 1. The van der Waals surface area contributed by atoms with Crippen LogP contribution in [0.3, 0.4) is 0 Å². The highest BCUT2D eigenvalue weighted by Crippen LogP contribution is 2.32. The number of hydrogen-bond donors (Lipinski definition) is 1. The smallest absolute Gasteiger partial charge is 0.0741 e. The molecule has 1 N–H and O–H groups in total. The Bertz CT molecular complexity index is 605. The van der Waals surface area contributed by atoms with Crippen LogP contribution in [0.25, 0.3) is 10.9 Å². The first-order valence-corrected chi connectivity index (χ1v) is 7.29. The van der Waals surface area contributed by atoms with Crippen LogP contribution in [0.2, 0.25) is 5.02 Å². The maximum absolute atomic E-state index is 6.21. The zero-order chi connectivity index (χ0) is 14.0. The van der Waals surface area contributed by atoms with Crippen molar-refractivity contribution in [3.05, 3.63) is 34.0 Å². The van der Waals surface area contributed by atoms with Crippen LogP contribution in [-0.2, 0) is 6.42 Å². The van der Waals surface area contributed by atoms with Gasteiger partial charge in [-0.2, -0.15) is 0 Å². The molecule has 1 heterocycles. The normalized spacial score (nSPS) is 11.0.